The van der Waals surface area contributed by atoms with Crippen molar-refractivity contribution in [2.45, 2.75) is 31.1 Å². The normalized spacial score (nSPS) is 22.7. The van der Waals surface area contributed by atoms with Gasteiger partial charge in [-0.2, -0.15) is 0 Å². The number of amides is 1. The third-order valence-corrected chi connectivity index (χ3v) is 5.33. The summed E-state index contributed by atoms with van der Waals surface area (Å²) in [7, 11) is 1.64. The second-order valence-corrected chi connectivity index (χ2v) is 6.91. The number of carbonyl (C=O) groups excluding carboxylic acids is 2. The molecule has 1 N–H and O–H groups in total. The van der Waals surface area contributed by atoms with Gasteiger partial charge in [-0.3, -0.25) is 9.59 Å². The van der Waals surface area contributed by atoms with Gasteiger partial charge in [0.1, 0.15) is 5.75 Å². The van der Waals surface area contributed by atoms with Crippen molar-refractivity contribution in [3.8, 4) is 5.75 Å². The number of methoxy groups -OCH3 is 1. The number of rotatable bonds is 3. The van der Waals surface area contributed by atoms with Crippen LogP contribution in [0.15, 0.2) is 65.9 Å². The molecule has 0 fully saturated rings. The van der Waals surface area contributed by atoms with Crippen LogP contribution in [0.2, 0.25) is 0 Å². The number of hydrogen-bond donors (Lipinski definition) is 1. The summed E-state index contributed by atoms with van der Waals surface area (Å²) in [6, 6.07) is 17.7. The lowest BCUT2D eigenvalue weighted by Gasteiger charge is -2.34. The fourth-order valence-electron chi connectivity index (χ4n) is 4.04. The topological polar surface area (TPSA) is 55.4 Å². The highest BCUT2D eigenvalue weighted by Gasteiger charge is 2.38. The molecule has 1 aliphatic heterocycles. The lowest BCUT2D eigenvalue weighted by molar-refractivity contribution is -0.122. The maximum atomic E-state index is 13.0. The van der Waals surface area contributed by atoms with Crippen molar-refractivity contribution in [2.24, 2.45) is 0 Å². The SMILES string of the molecule is COc1ccc(C2CC(=O)C3=C(C2)NC(=O)CC3c2ccccc2)cc1. The molecular weight excluding hydrogens is 326 g/mol. The summed E-state index contributed by atoms with van der Waals surface area (Å²) in [6.45, 7) is 0. The zero-order valence-electron chi connectivity index (χ0n) is 14.7. The van der Waals surface area contributed by atoms with E-state index in [0.717, 1.165) is 28.1 Å². The van der Waals surface area contributed by atoms with Crippen molar-refractivity contribution < 1.29 is 14.3 Å². The molecule has 0 aromatic heterocycles. The summed E-state index contributed by atoms with van der Waals surface area (Å²) in [6.07, 6.45) is 1.49. The van der Waals surface area contributed by atoms with E-state index < -0.39 is 0 Å². The van der Waals surface area contributed by atoms with E-state index in [1.165, 1.54) is 0 Å². The van der Waals surface area contributed by atoms with Crippen LogP contribution in [0.3, 0.4) is 0 Å². The average Bonchev–Trinajstić information content (AvgIpc) is 2.67. The molecule has 2 aliphatic rings. The fraction of sp³-hybridized carbons (Fsp3) is 0.273. The molecule has 0 bridgehead atoms. The standard InChI is InChI=1S/C22H21NO3/c1-26-17-9-7-14(8-10-17)16-11-19-22(20(24)12-16)18(13-21(25)23-19)15-5-3-2-4-6-15/h2-10,16,18H,11-13H2,1H3,(H,23,25). The van der Waals surface area contributed by atoms with E-state index in [-0.39, 0.29) is 23.5 Å². The second kappa shape index (κ2) is 6.79. The summed E-state index contributed by atoms with van der Waals surface area (Å²) >= 11 is 0. The Morgan fingerprint density at radius 1 is 0.885 bits per heavy atom. The van der Waals surface area contributed by atoms with E-state index in [1.807, 2.05) is 54.6 Å². The minimum atomic E-state index is -0.135. The molecule has 2 atom stereocenters. The minimum Gasteiger partial charge on any atom is -0.497 e. The first-order valence-electron chi connectivity index (χ1n) is 8.90. The first kappa shape index (κ1) is 16.6. The second-order valence-electron chi connectivity index (χ2n) is 6.91. The molecule has 4 heteroatoms. The number of allylic oxidation sites excluding steroid dienone is 2. The number of benzene rings is 2. The number of Topliss-reactive ketones (excluding diaryl/α,β-unsaturated/α-hetero) is 1. The lowest BCUT2D eigenvalue weighted by atomic mass is 9.73. The van der Waals surface area contributed by atoms with Gasteiger partial charge < -0.3 is 10.1 Å². The van der Waals surface area contributed by atoms with Crippen molar-refractivity contribution >= 4 is 11.7 Å². The van der Waals surface area contributed by atoms with Crippen LogP contribution in [-0.4, -0.2) is 18.8 Å². The molecule has 2 aromatic rings. The molecule has 4 nitrogen and oxygen atoms in total. The van der Waals surface area contributed by atoms with Gasteiger partial charge >= 0.3 is 0 Å². The van der Waals surface area contributed by atoms with Gasteiger partial charge in [0.05, 0.1) is 7.11 Å². The van der Waals surface area contributed by atoms with Crippen LogP contribution in [0.5, 0.6) is 5.75 Å². The molecule has 0 radical (unpaired) electrons. The van der Waals surface area contributed by atoms with E-state index in [4.69, 9.17) is 4.74 Å². The number of carbonyl (C=O) groups is 2. The minimum absolute atomic E-state index is 0.0132. The molecule has 4 rings (SSSR count). The number of ketones is 1. The van der Waals surface area contributed by atoms with Gasteiger partial charge in [-0.1, -0.05) is 42.5 Å². The van der Waals surface area contributed by atoms with Crippen LogP contribution >= 0.6 is 0 Å². The first-order chi connectivity index (χ1) is 12.7. The molecule has 1 heterocycles. The van der Waals surface area contributed by atoms with Crippen molar-refractivity contribution in [2.75, 3.05) is 7.11 Å². The number of hydrogen-bond acceptors (Lipinski definition) is 3. The molecule has 26 heavy (non-hydrogen) atoms. The fourth-order valence-corrected chi connectivity index (χ4v) is 4.04. The molecule has 1 amide bonds. The van der Waals surface area contributed by atoms with E-state index in [9.17, 15) is 9.59 Å². The van der Waals surface area contributed by atoms with Gasteiger partial charge in [0.2, 0.25) is 5.91 Å². The van der Waals surface area contributed by atoms with Crippen molar-refractivity contribution in [1.29, 1.82) is 0 Å². The molecule has 0 spiro atoms. The number of nitrogens with one attached hydrogen (secondary N) is 1. The van der Waals surface area contributed by atoms with Crippen LogP contribution in [0.25, 0.3) is 0 Å². The Hall–Kier alpha value is -2.88. The molecule has 132 valence electrons. The molecule has 0 saturated heterocycles. The highest BCUT2D eigenvalue weighted by Crippen LogP contribution is 2.42. The Balaban J connectivity index is 1.67. The lowest BCUT2D eigenvalue weighted by Crippen LogP contribution is -2.38. The number of ether oxygens (including phenoxy) is 1. The quantitative estimate of drug-likeness (QED) is 0.921. The van der Waals surface area contributed by atoms with E-state index >= 15 is 0 Å². The maximum Gasteiger partial charge on any atom is 0.225 e. The molecule has 1 aliphatic carbocycles. The molecule has 2 unspecified atom stereocenters. The third-order valence-electron chi connectivity index (χ3n) is 5.33. The van der Waals surface area contributed by atoms with E-state index in [2.05, 4.69) is 5.32 Å². The zero-order chi connectivity index (χ0) is 18.1. The Morgan fingerprint density at radius 3 is 2.31 bits per heavy atom. The third kappa shape index (κ3) is 3.03. The van der Waals surface area contributed by atoms with Gasteiger partial charge in [-0.05, 0) is 35.6 Å². The Bertz CT molecular complexity index is 868. The Morgan fingerprint density at radius 2 is 1.62 bits per heavy atom. The van der Waals surface area contributed by atoms with Gasteiger partial charge in [0.15, 0.2) is 5.78 Å². The summed E-state index contributed by atoms with van der Waals surface area (Å²) in [4.78, 5) is 25.3. The van der Waals surface area contributed by atoms with Crippen molar-refractivity contribution in [3.05, 3.63) is 77.0 Å². The summed E-state index contributed by atoms with van der Waals surface area (Å²) in [5.74, 6) is 0.874. The average molecular weight is 347 g/mol. The van der Waals surface area contributed by atoms with Crippen LogP contribution in [0.4, 0.5) is 0 Å². The van der Waals surface area contributed by atoms with Crippen LogP contribution < -0.4 is 10.1 Å². The Labute approximate surface area is 152 Å². The van der Waals surface area contributed by atoms with Gasteiger partial charge in [0.25, 0.3) is 0 Å². The van der Waals surface area contributed by atoms with Gasteiger partial charge in [0, 0.05) is 30.0 Å². The van der Waals surface area contributed by atoms with E-state index in [1.54, 1.807) is 7.11 Å². The smallest absolute Gasteiger partial charge is 0.225 e. The molecule has 2 aromatic carbocycles. The van der Waals surface area contributed by atoms with Crippen LogP contribution in [-0.2, 0) is 9.59 Å². The van der Waals surface area contributed by atoms with Gasteiger partial charge in [-0.25, -0.2) is 0 Å². The van der Waals surface area contributed by atoms with Crippen LogP contribution in [0.1, 0.15) is 42.2 Å². The maximum absolute atomic E-state index is 13.0. The van der Waals surface area contributed by atoms with Crippen LogP contribution in [0, 0.1) is 0 Å². The summed E-state index contributed by atoms with van der Waals surface area (Å²) in [5.41, 5.74) is 3.72. The van der Waals surface area contributed by atoms with E-state index in [0.29, 0.717) is 19.3 Å². The largest absolute Gasteiger partial charge is 0.497 e. The zero-order valence-corrected chi connectivity index (χ0v) is 14.7. The predicted octanol–water partition coefficient (Wildman–Crippen LogP) is 3.70. The van der Waals surface area contributed by atoms with Crippen molar-refractivity contribution in [3.63, 3.8) is 0 Å². The Kier molecular flexibility index (Phi) is 4.33. The highest BCUT2D eigenvalue weighted by atomic mass is 16.5. The monoisotopic (exact) mass is 347 g/mol. The van der Waals surface area contributed by atoms with Gasteiger partial charge in [-0.15, -0.1) is 0 Å². The highest BCUT2D eigenvalue weighted by molar-refractivity contribution is 6.02. The predicted molar refractivity (Wildman–Crippen MR) is 98.9 cm³/mol. The summed E-state index contributed by atoms with van der Waals surface area (Å²) < 4.78 is 5.21. The summed E-state index contributed by atoms with van der Waals surface area (Å²) in [5, 5.41) is 2.97. The molecular formula is C22H21NO3. The first-order valence-corrected chi connectivity index (χ1v) is 8.90. The van der Waals surface area contributed by atoms with Crippen molar-refractivity contribution in [1.82, 2.24) is 5.32 Å². The molecule has 0 saturated carbocycles.